The third-order valence-electron chi connectivity index (χ3n) is 11.2. The minimum absolute atomic E-state index is 0.00257. The fourth-order valence-electron chi connectivity index (χ4n) is 8.18. The molecule has 12 nitrogen and oxygen atoms in total. The van der Waals surface area contributed by atoms with Crippen LogP contribution < -0.4 is 9.80 Å². The highest BCUT2D eigenvalue weighted by atomic mass is 35.5. The molecule has 6 heterocycles. The summed E-state index contributed by atoms with van der Waals surface area (Å²) >= 11 is 6.93. The predicted octanol–water partition coefficient (Wildman–Crippen LogP) is 5.74. The third kappa shape index (κ3) is 5.69. The summed E-state index contributed by atoms with van der Waals surface area (Å²) in [6.07, 6.45) is 7.43. The van der Waals surface area contributed by atoms with Crippen LogP contribution in [-0.4, -0.2) is 100 Å². The van der Waals surface area contributed by atoms with E-state index < -0.39 is 23.8 Å². The summed E-state index contributed by atoms with van der Waals surface area (Å²) < 4.78 is 0. The molecule has 4 aliphatic rings. The van der Waals surface area contributed by atoms with Gasteiger partial charge in [0.05, 0.1) is 16.1 Å². The first kappa shape index (κ1) is 33.9. The van der Waals surface area contributed by atoms with E-state index >= 15 is 0 Å². The van der Waals surface area contributed by atoms with Crippen LogP contribution in [0.2, 0.25) is 5.02 Å². The van der Waals surface area contributed by atoms with Gasteiger partial charge in [0.2, 0.25) is 5.91 Å². The second kappa shape index (κ2) is 13.4. The van der Waals surface area contributed by atoms with Crippen LogP contribution in [0.4, 0.5) is 16.2 Å². The van der Waals surface area contributed by atoms with Gasteiger partial charge in [-0.2, -0.15) is 0 Å². The Morgan fingerprint density at radius 1 is 0.885 bits per heavy atom. The van der Waals surface area contributed by atoms with Gasteiger partial charge < -0.3 is 14.8 Å². The lowest BCUT2D eigenvalue weighted by Gasteiger charge is -2.40. The summed E-state index contributed by atoms with van der Waals surface area (Å²) in [6.45, 7) is 5.60. The van der Waals surface area contributed by atoms with Crippen LogP contribution in [-0.2, 0) is 16.0 Å². The van der Waals surface area contributed by atoms with E-state index in [1.807, 2.05) is 46.3 Å². The number of anilines is 2. The minimum atomic E-state index is -0.976. The zero-order valence-electron chi connectivity index (χ0n) is 29.2. The number of aromatic amines is 1. The molecule has 8 rings (SSSR count). The number of carbonyl (C=O) groups is 5. The molecule has 2 aromatic heterocycles. The Morgan fingerprint density at radius 3 is 2.46 bits per heavy atom. The van der Waals surface area contributed by atoms with Gasteiger partial charge in [-0.3, -0.25) is 33.9 Å². The fourth-order valence-corrected chi connectivity index (χ4v) is 8.55. The molecule has 0 saturated carbocycles. The Morgan fingerprint density at radius 2 is 1.67 bits per heavy atom. The van der Waals surface area contributed by atoms with Crippen molar-refractivity contribution >= 4 is 63.7 Å². The Labute approximate surface area is 306 Å². The topological polar surface area (TPSA) is 130 Å². The van der Waals surface area contributed by atoms with Gasteiger partial charge in [-0.1, -0.05) is 30.7 Å². The van der Waals surface area contributed by atoms with Gasteiger partial charge in [0, 0.05) is 80.9 Å². The fraction of sp³-hybridized carbons (Fsp3) is 0.385. The predicted molar refractivity (Wildman–Crippen MR) is 198 cm³/mol. The summed E-state index contributed by atoms with van der Waals surface area (Å²) in [6, 6.07) is 12.3. The van der Waals surface area contributed by atoms with Crippen LogP contribution in [0.1, 0.15) is 65.3 Å². The second-order valence-corrected chi connectivity index (χ2v) is 14.5. The molecule has 1 N–H and O–H groups in total. The second-order valence-electron chi connectivity index (χ2n) is 14.1. The number of piperidine rings is 2. The summed E-state index contributed by atoms with van der Waals surface area (Å²) in [5, 5.41) is 1.59. The Kier molecular flexibility index (Phi) is 8.73. The molecule has 0 spiro atoms. The van der Waals surface area contributed by atoms with Crippen molar-refractivity contribution in [2.75, 3.05) is 49.6 Å². The van der Waals surface area contributed by atoms with Gasteiger partial charge in [-0.25, -0.2) is 9.78 Å². The highest BCUT2D eigenvalue weighted by Crippen LogP contribution is 2.37. The van der Waals surface area contributed by atoms with Crippen molar-refractivity contribution in [1.82, 2.24) is 24.7 Å². The van der Waals surface area contributed by atoms with Crippen molar-refractivity contribution in [3.8, 4) is 11.1 Å². The highest BCUT2D eigenvalue weighted by molar-refractivity contribution is 6.38. The molecule has 6 amide bonds. The number of hydrogen-bond donors (Lipinski definition) is 1. The molecule has 0 aliphatic carbocycles. The number of aryl methyl sites for hydroxylation is 1. The third-order valence-corrected chi connectivity index (χ3v) is 11.6. The molecule has 1 unspecified atom stereocenters. The molecule has 3 fully saturated rings. The van der Waals surface area contributed by atoms with Crippen LogP contribution >= 0.6 is 11.6 Å². The van der Waals surface area contributed by atoms with Gasteiger partial charge in [-0.05, 0) is 79.5 Å². The van der Waals surface area contributed by atoms with Crippen molar-refractivity contribution in [2.24, 2.45) is 5.92 Å². The average Bonchev–Trinajstić information content (AvgIpc) is 3.70. The number of halogens is 1. The summed E-state index contributed by atoms with van der Waals surface area (Å²) in [5.74, 6) is -1.52. The first-order valence-electron chi connectivity index (χ1n) is 18.0. The van der Waals surface area contributed by atoms with Crippen LogP contribution in [0.15, 0.2) is 54.9 Å². The van der Waals surface area contributed by atoms with E-state index in [-0.39, 0.29) is 35.9 Å². The molecule has 0 bridgehead atoms. The lowest BCUT2D eigenvalue weighted by atomic mass is 9.95. The first-order valence-corrected chi connectivity index (χ1v) is 18.4. The summed E-state index contributed by atoms with van der Waals surface area (Å²) in [7, 11) is 1.38. The lowest BCUT2D eigenvalue weighted by molar-refractivity contribution is -0.149. The number of H-pyrrole nitrogens is 1. The van der Waals surface area contributed by atoms with E-state index in [2.05, 4.69) is 21.8 Å². The molecule has 52 heavy (non-hydrogen) atoms. The van der Waals surface area contributed by atoms with Gasteiger partial charge in [0.25, 0.3) is 17.7 Å². The van der Waals surface area contributed by atoms with E-state index in [0.29, 0.717) is 30.6 Å². The lowest BCUT2D eigenvalue weighted by Crippen LogP contribution is -2.54. The number of fused-ring (bicyclic) bond motifs is 2. The first-order chi connectivity index (χ1) is 25.1. The Balaban J connectivity index is 0.912. The molecule has 2 aromatic carbocycles. The van der Waals surface area contributed by atoms with E-state index in [1.165, 1.54) is 7.05 Å². The van der Waals surface area contributed by atoms with E-state index in [4.69, 9.17) is 11.6 Å². The number of rotatable bonds is 7. The minimum Gasteiger partial charge on any atom is -0.371 e. The normalized spacial score (nSPS) is 20.2. The summed E-state index contributed by atoms with van der Waals surface area (Å²) in [5.41, 5.74) is 5.87. The van der Waals surface area contributed by atoms with Gasteiger partial charge in [0.15, 0.2) is 0 Å². The zero-order chi connectivity index (χ0) is 36.3. The van der Waals surface area contributed by atoms with Crippen molar-refractivity contribution in [3.63, 3.8) is 0 Å². The number of likely N-dealkylation sites (N-methyl/N-ethyl adjacent to an activating group) is 1. The molecule has 4 aromatic rings. The standard InChI is InChI=1S/C39H40ClN7O5/c1-3-24-20-41-35-33(24)34(40)30(21-42-35)25-6-4-7-27(18-25)46-15-5-14-45(39(46)52)22-23-12-16-44(17-13-23)26-8-9-28-29(19-26)37(50)47(36(28)49)31-10-11-32(48)43(2)38(31)51/h4,6-9,18-21,23,31H,3,5,10-17,22H2,1-2H3,(H,41,42). The smallest absolute Gasteiger partial charge is 0.324 e. The van der Waals surface area contributed by atoms with Crippen molar-refractivity contribution in [2.45, 2.75) is 51.5 Å². The quantitative estimate of drug-likeness (QED) is 0.241. The van der Waals surface area contributed by atoms with Crippen molar-refractivity contribution in [1.29, 1.82) is 0 Å². The number of nitrogens with one attached hydrogen (secondary N) is 1. The molecule has 268 valence electrons. The van der Waals surface area contributed by atoms with Crippen LogP contribution in [0.5, 0.6) is 0 Å². The number of benzene rings is 2. The van der Waals surface area contributed by atoms with Crippen LogP contribution in [0, 0.1) is 5.92 Å². The van der Waals surface area contributed by atoms with E-state index in [1.54, 1.807) is 18.3 Å². The van der Waals surface area contributed by atoms with E-state index in [0.717, 1.165) is 87.7 Å². The SMILES string of the molecule is CCc1c[nH]c2ncc(-c3cccc(N4CCCN(CC5CCN(c6ccc7c(c6)C(=O)N(C6CCC(=O)N(C)C6=O)C7=O)CC5)C4=O)c3)c(Cl)c12. The molecule has 4 aliphatic heterocycles. The molecule has 3 saturated heterocycles. The number of amides is 6. The molecule has 13 heteroatoms. The van der Waals surface area contributed by atoms with Gasteiger partial charge >= 0.3 is 6.03 Å². The number of nitrogens with zero attached hydrogens (tertiary/aromatic N) is 6. The highest BCUT2D eigenvalue weighted by Gasteiger charge is 2.46. The zero-order valence-corrected chi connectivity index (χ0v) is 30.0. The Bertz CT molecular complexity index is 2140. The number of hydrogen-bond acceptors (Lipinski definition) is 7. The maximum Gasteiger partial charge on any atom is 0.324 e. The number of pyridine rings is 1. The molecule has 1 atom stereocenters. The summed E-state index contributed by atoms with van der Waals surface area (Å²) in [4.78, 5) is 81.2. The largest absolute Gasteiger partial charge is 0.371 e. The van der Waals surface area contributed by atoms with Gasteiger partial charge in [0.1, 0.15) is 11.7 Å². The number of aromatic nitrogens is 2. The Hall–Kier alpha value is -5.23. The van der Waals surface area contributed by atoms with Crippen molar-refractivity contribution in [3.05, 3.63) is 76.6 Å². The maximum absolute atomic E-state index is 13.9. The molecule has 0 radical (unpaired) electrons. The molecular formula is C39H40ClN7O5. The average molecular weight is 722 g/mol. The monoisotopic (exact) mass is 721 g/mol. The van der Waals surface area contributed by atoms with E-state index in [9.17, 15) is 24.0 Å². The molecular weight excluding hydrogens is 682 g/mol. The van der Waals surface area contributed by atoms with Crippen LogP contribution in [0.3, 0.4) is 0 Å². The van der Waals surface area contributed by atoms with Crippen LogP contribution in [0.25, 0.3) is 22.2 Å². The maximum atomic E-state index is 13.9. The number of imide groups is 2. The van der Waals surface area contributed by atoms with Crippen molar-refractivity contribution < 1.29 is 24.0 Å². The number of urea groups is 1. The number of carbonyl (C=O) groups excluding carboxylic acids is 5. The number of likely N-dealkylation sites (tertiary alicyclic amines) is 1. The van der Waals surface area contributed by atoms with Gasteiger partial charge in [-0.15, -0.1) is 0 Å².